The van der Waals surface area contributed by atoms with Crippen molar-refractivity contribution >= 4 is 11.3 Å². The maximum Gasteiger partial charge on any atom is 0.125 e. The third kappa shape index (κ3) is 3.23. The van der Waals surface area contributed by atoms with E-state index in [1.54, 1.807) is 11.3 Å². The number of halogens is 1. The van der Waals surface area contributed by atoms with E-state index >= 15 is 0 Å². The lowest BCUT2D eigenvalue weighted by molar-refractivity contribution is 0.245. The fourth-order valence-corrected chi connectivity index (χ4v) is 4.12. The summed E-state index contributed by atoms with van der Waals surface area (Å²) in [4.78, 5) is 13.8. The van der Waals surface area contributed by atoms with E-state index in [1.807, 2.05) is 25.3 Å². The van der Waals surface area contributed by atoms with Gasteiger partial charge in [0, 0.05) is 53.3 Å². The topological polar surface area (TPSA) is 29.0 Å². The SMILES string of the molecule is Cc1ncc2c(n1)CCN(Cc1ccc(-c3ccc(F)cc3)s1)C2. The molecule has 0 N–H and O–H groups in total. The van der Waals surface area contributed by atoms with Crippen molar-refractivity contribution in [3.05, 3.63) is 70.4 Å². The van der Waals surface area contributed by atoms with E-state index in [-0.39, 0.29) is 5.82 Å². The fraction of sp³-hybridized carbons (Fsp3) is 0.263. The highest BCUT2D eigenvalue weighted by Crippen LogP contribution is 2.30. The summed E-state index contributed by atoms with van der Waals surface area (Å²) >= 11 is 1.77. The van der Waals surface area contributed by atoms with Crippen LogP contribution in [0.25, 0.3) is 10.4 Å². The molecule has 0 fully saturated rings. The molecule has 1 aliphatic heterocycles. The van der Waals surface area contributed by atoms with Crippen molar-refractivity contribution in [2.45, 2.75) is 26.4 Å². The van der Waals surface area contributed by atoms with Crippen LogP contribution in [0.5, 0.6) is 0 Å². The van der Waals surface area contributed by atoms with Crippen LogP contribution in [0.4, 0.5) is 4.39 Å². The van der Waals surface area contributed by atoms with Crippen LogP contribution in [0.1, 0.15) is 22.0 Å². The Hall–Kier alpha value is -2.11. The van der Waals surface area contributed by atoms with Crippen molar-refractivity contribution < 1.29 is 4.39 Å². The molecule has 5 heteroatoms. The van der Waals surface area contributed by atoms with E-state index in [9.17, 15) is 4.39 Å². The van der Waals surface area contributed by atoms with Gasteiger partial charge in [0.25, 0.3) is 0 Å². The molecule has 0 aliphatic carbocycles. The summed E-state index contributed by atoms with van der Waals surface area (Å²) in [5.41, 5.74) is 3.50. The van der Waals surface area contributed by atoms with Crippen molar-refractivity contribution in [1.82, 2.24) is 14.9 Å². The molecule has 4 rings (SSSR count). The number of fused-ring (bicyclic) bond motifs is 1. The van der Waals surface area contributed by atoms with Gasteiger partial charge in [0.1, 0.15) is 11.6 Å². The Labute approximate surface area is 144 Å². The van der Waals surface area contributed by atoms with Gasteiger partial charge < -0.3 is 0 Å². The van der Waals surface area contributed by atoms with Crippen LogP contribution < -0.4 is 0 Å². The normalized spacial score (nSPS) is 14.6. The summed E-state index contributed by atoms with van der Waals surface area (Å²) in [6.07, 6.45) is 2.94. The van der Waals surface area contributed by atoms with Crippen molar-refractivity contribution in [3.63, 3.8) is 0 Å². The molecule has 1 aromatic carbocycles. The number of thiophene rings is 1. The Morgan fingerprint density at radius 1 is 1.17 bits per heavy atom. The standard InChI is InChI=1S/C19H18FN3S/c1-13-21-10-15-11-23(9-8-18(15)22-13)12-17-6-7-19(24-17)14-2-4-16(20)5-3-14/h2-7,10H,8-9,11-12H2,1H3. The van der Waals surface area contributed by atoms with Gasteiger partial charge in [0.2, 0.25) is 0 Å². The first kappa shape index (κ1) is 15.4. The Kier molecular flexibility index (Phi) is 4.12. The Bertz CT molecular complexity index is 857. The first-order valence-corrected chi connectivity index (χ1v) is 8.87. The second kappa shape index (κ2) is 6.42. The largest absolute Gasteiger partial charge is 0.293 e. The average Bonchev–Trinajstić information content (AvgIpc) is 3.04. The minimum absolute atomic E-state index is 0.194. The van der Waals surface area contributed by atoms with Crippen LogP contribution >= 0.6 is 11.3 Å². The molecule has 3 aromatic rings. The number of aromatic nitrogens is 2. The summed E-state index contributed by atoms with van der Waals surface area (Å²) in [7, 11) is 0. The van der Waals surface area contributed by atoms with E-state index in [0.717, 1.165) is 37.4 Å². The van der Waals surface area contributed by atoms with E-state index in [2.05, 4.69) is 27.0 Å². The predicted octanol–water partition coefficient (Wildman–Crippen LogP) is 4.21. The summed E-state index contributed by atoms with van der Waals surface area (Å²) in [5.74, 6) is 0.657. The molecule has 122 valence electrons. The smallest absolute Gasteiger partial charge is 0.125 e. The lowest BCUT2D eigenvalue weighted by Crippen LogP contribution is -2.30. The third-order valence-corrected chi connectivity index (χ3v) is 5.42. The number of rotatable bonds is 3. The van der Waals surface area contributed by atoms with Crippen molar-refractivity contribution in [2.75, 3.05) is 6.54 Å². The molecule has 0 radical (unpaired) electrons. The molecule has 24 heavy (non-hydrogen) atoms. The molecule has 0 unspecified atom stereocenters. The van der Waals surface area contributed by atoms with Crippen LogP contribution in [0.3, 0.4) is 0 Å². The van der Waals surface area contributed by atoms with Crippen molar-refractivity contribution in [2.24, 2.45) is 0 Å². The monoisotopic (exact) mass is 339 g/mol. The van der Waals surface area contributed by atoms with Crippen LogP contribution in [0.15, 0.2) is 42.6 Å². The van der Waals surface area contributed by atoms with Gasteiger partial charge in [-0.1, -0.05) is 12.1 Å². The molecule has 1 aliphatic rings. The van der Waals surface area contributed by atoms with Gasteiger partial charge in [-0.2, -0.15) is 0 Å². The summed E-state index contributed by atoms with van der Waals surface area (Å²) in [5, 5.41) is 0. The third-order valence-electron chi connectivity index (χ3n) is 4.30. The van der Waals surface area contributed by atoms with Crippen LogP contribution in [0, 0.1) is 12.7 Å². The van der Waals surface area contributed by atoms with Crippen LogP contribution in [-0.2, 0) is 19.5 Å². The maximum absolute atomic E-state index is 13.0. The number of nitrogens with zero attached hydrogens (tertiary/aromatic N) is 3. The first-order valence-electron chi connectivity index (χ1n) is 8.06. The minimum Gasteiger partial charge on any atom is -0.293 e. The highest BCUT2D eigenvalue weighted by molar-refractivity contribution is 7.15. The molecule has 0 bridgehead atoms. The Morgan fingerprint density at radius 3 is 2.83 bits per heavy atom. The van der Waals surface area contributed by atoms with E-state index in [4.69, 9.17) is 0 Å². The van der Waals surface area contributed by atoms with E-state index in [1.165, 1.54) is 33.1 Å². The first-order chi connectivity index (χ1) is 11.7. The summed E-state index contributed by atoms with van der Waals surface area (Å²) in [6, 6.07) is 11.0. The zero-order valence-electron chi connectivity index (χ0n) is 13.5. The molecule has 0 saturated heterocycles. The Balaban J connectivity index is 1.47. The lowest BCUT2D eigenvalue weighted by Gasteiger charge is -2.27. The molecular formula is C19H18FN3S. The second-order valence-electron chi connectivity index (χ2n) is 6.12. The van der Waals surface area contributed by atoms with Crippen molar-refractivity contribution in [3.8, 4) is 10.4 Å². The van der Waals surface area contributed by atoms with Gasteiger partial charge in [0.15, 0.2) is 0 Å². The molecule has 0 saturated carbocycles. The number of hydrogen-bond acceptors (Lipinski definition) is 4. The minimum atomic E-state index is -0.194. The summed E-state index contributed by atoms with van der Waals surface area (Å²) < 4.78 is 13.0. The van der Waals surface area contributed by atoms with Crippen LogP contribution in [-0.4, -0.2) is 21.4 Å². The van der Waals surface area contributed by atoms with Gasteiger partial charge in [-0.05, 0) is 36.8 Å². The second-order valence-corrected chi connectivity index (χ2v) is 7.29. The Morgan fingerprint density at radius 2 is 2.00 bits per heavy atom. The fourth-order valence-electron chi connectivity index (χ4n) is 3.06. The summed E-state index contributed by atoms with van der Waals surface area (Å²) in [6.45, 7) is 4.79. The molecule has 0 spiro atoms. The molecular weight excluding hydrogens is 321 g/mol. The molecule has 3 nitrogen and oxygen atoms in total. The molecule has 2 aromatic heterocycles. The zero-order valence-corrected chi connectivity index (χ0v) is 14.3. The average molecular weight is 339 g/mol. The zero-order chi connectivity index (χ0) is 16.5. The quantitative estimate of drug-likeness (QED) is 0.716. The highest BCUT2D eigenvalue weighted by atomic mass is 32.1. The van der Waals surface area contributed by atoms with Gasteiger partial charge >= 0.3 is 0 Å². The van der Waals surface area contributed by atoms with Gasteiger partial charge in [-0.25, -0.2) is 14.4 Å². The van der Waals surface area contributed by atoms with Gasteiger partial charge in [-0.3, -0.25) is 4.90 Å². The lowest BCUT2D eigenvalue weighted by atomic mass is 10.1. The predicted molar refractivity (Wildman–Crippen MR) is 94.3 cm³/mol. The maximum atomic E-state index is 13.0. The number of hydrogen-bond donors (Lipinski definition) is 0. The highest BCUT2D eigenvalue weighted by Gasteiger charge is 2.18. The molecule has 3 heterocycles. The number of aryl methyl sites for hydroxylation is 1. The van der Waals surface area contributed by atoms with E-state index < -0.39 is 0 Å². The van der Waals surface area contributed by atoms with Crippen LogP contribution in [0.2, 0.25) is 0 Å². The van der Waals surface area contributed by atoms with Gasteiger partial charge in [0.05, 0.1) is 0 Å². The van der Waals surface area contributed by atoms with E-state index in [0.29, 0.717) is 0 Å². The van der Waals surface area contributed by atoms with Gasteiger partial charge in [-0.15, -0.1) is 11.3 Å². The molecule has 0 amide bonds. The molecule has 0 atom stereocenters. The number of benzene rings is 1. The van der Waals surface area contributed by atoms with Crippen molar-refractivity contribution in [1.29, 1.82) is 0 Å².